The molecule has 18 heavy (non-hydrogen) atoms. The van der Waals surface area contributed by atoms with Crippen molar-refractivity contribution >= 4 is 0 Å². The molecule has 0 aliphatic carbocycles. The van der Waals surface area contributed by atoms with E-state index < -0.39 is 0 Å². The Labute approximate surface area is 108 Å². The average Bonchev–Trinajstić information content (AvgIpc) is 2.41. The van der Waals surface area contributed by atoms with Crippen molar-refractivity contribution in [2.75, 3.05) is 6.61 Å². The van der Waals surface area contributed by atoms with Crippen molar-refractivity contribution in [2.24, 2.45) is 0 Å². The molecule has 2 aromatic carbocycles. The summed E-state index contributed by atoms with van der Waals surface area (Å²) in [6.07, 6.45) is 0.699. The van der Waals surface area contributed by atoms with Crippen LogP contribution in [0.25, 0.3) is 0 Å². The van der Waals surface area contributed by atoms with Crippen LogP contribution in [0.3, 0.4) is 0 Å². The van der Waals surface area contributed by atoms with Gasteiger partial charge in [-0.25, -0.2) is 0 Å². The standard InChI is InChI=1S/C16H18O2/c1-13-11-16(8-7-15(13)9-10-17)18-12-14-5-3-2-4-6-14/h2-8,11,17H,9-10,12H2,1H3. The lowest BCUT2D eigenvalue weighted by Gasteiger charge is -2.09. The molecule has 0 atom stereocenters. The first-order valence-corrected chi connectivity index (χ1v) is 6.16. The smallest absolute Gasteiger partial charge is 0.120 e. The molecule has 2 aromatic rings. The highest BCUT2D eigenvalue weighted by atomic mass is 16.5. The summed E-state index contributed by atoms with van der Waals surface area (Å²) in [6, 6.07) is 16.1. The molecular weight excluding hydrogens is 224 g/mol. The van der Waals surface area contributed by atoms with Crippen molar-refractivity contribution < 1.29 is 9.84 Å². The molecule has 0 aliphatic heterocycles. The second-order valence-corrected chi connectivity index (χ2v) is 4.34. The third kappa shape index (κ3) is 3.34. The summed E-state index contributed by atoms with van der Waals surface area (Å²) in [5.74, 6) is 0.873. The van der Waals surface area contributed by atoms with Gasteiger partial charge in [-0.1, -0.05) is 36.4 Å². The molecule has 0 aliphatic rings. The fraction of sp³-hybridized carbons (Fsp3) is 0.250. The van der Waals surface area contributed by atoms with Gasteiger partial charge in [0.15, 0.2) is 0 Å². The average molecular weight is 242 g/mol. The first kappa shape index (κ1) is 12.7. The van der Waals surface area contributed by atoms with Crippen molar-refractivity contribution in [3.05, 3.63) is 65.2 Å². The molecule has 0 saturated heterocycles. The van der Waals surface area contributed by atoms with Gasteiger partial charge in [0.2, 0.25) is 0 Å². The predicted molar refractivity (Wildman–Crippen MR) is 72.7 cm³/mol. The van der Waals surface area contributed by atoms with E-state index in [2.05, 4.69) is 0 Å². The third-order valence-corrected chi connectivity index (χ3v) is 2.94. The van der Waals surface area contributed by atoms with Gasteiger partial charge < -0.3 is 9.84 Å². The Bertz CT molecular complexity index is 492. The Kier molecular flexibility index (Phi) is 4.37. The van der Waals surface area contributed by atoms with E-state index in [0.29, 0.717) is 13.0 Å². The minimum atomic E-state index is 0.186. The van der Waals surface area contributed by atoms with Crippen molar-refractivity contribution in [1.82, 2.24) is 0 Å². The van der Waals surface area contributed by atoms with Crippen molar-refractivity contribution in [3.63, 3.8) is 0 Å². The van der Waals surface area contributed by atoms with Crippen LogP contribution >= 0.6 is 0 Å². The Hall–Kier alpha value is -1.80. The Morgan fingerprint density at radius 1 is 1.06 bits per heavy atom. The number of hydrogen-bond acceptors (Lipinski definition) is 2. The number of benzene rings is 2. The van der Waals surface area contributed by atoms with Crippen molar-refractivity contribution in [1.29, 1.82) is 0 Å². The summed E-state index contributed by atoms with van der Waals surface area (Å²) >= 11 is 0. The number of ether oxygens (including phenoxy) is 1. The minimum absolute atomic E-state index is 0.186. The largest absolute Gasteiger partial charge is 0.489 e. The summed E-state index contributed by atoms with van der Waals surface area (Å²) in [6.45, 7) is 2.81. The van der Waals surface area contributed by atoms with Gasteiger partial charge in [0.05, 0.1) is 0 Å². The SMILES string of the molecule is Cc1cc(OCc2ccccc2)ccc1CCO. The number of aliphatic hydroxyl groups excluding tert-OH is 1. The van der Waals surface area contributed by atoms with Crippen LogP contribution in [0.1, 0.15) is 16.7 Å². The molecule has 1 N–H and O–H groups in total. The fourth-order valence-corrected chi connectivity index (χ4v) is 1.90. The molecule has 0 aromatic heterocycles. The highest BCUT2D eigenvalue weighted by Crippen LogP contribution is 2.18. The van der Waals surface area contributed by atoms with Crippen LogP contribution in [-0.2, 0) is 13.0 Å². The zero-order valence-corrected chi connectivity index (χ0v) is 10.6. The molecule has 0 spiro atoms. The topological polar surface area (TPSA) is 29.5 Å². The quantitative estimate of drug-likeness (QED) is 0.873. The molecule has 94 valence electrons. The summed E-state index contributed by atoms with van der Waals surface area (Å²) < 4.78 is 5.74. The number of aliphatic hydroxyl groups is 1. The van der Waals surface area contributed by atoms with E-state index in [4.69, 9.17) is 9.84 Å². The summed E-state index contributed by atoms with van der Waals surface area (Å²) in [7, 11) is 0. The number of hydrogen-bond donors (Lipinski definition) is 1. The number of rotatable bonds is 5. The van der Waals surface area contributed by atoms with Gasteiger partial charge in [-0.15, -0.1) is 0 Å². The van der Waals surface area contributed by atoms with E-state index >= 15 is 0 Å². The zero-order chi connectivity index (χ0) is 12.8. The zero-order valence-electron chi connectivity index (χ0n) is 10.6. The van der Waals surface area contributed by atoms with Crippen LogP contribution in [-0.4, -0.2) is 11.7 Å². The lowest BCUT2D eigenvalue weighted by atomic mass is 10.1. The predicted octanol–water partition coefficient (Wildman–Crippen LogP) is 3.11. The fourth-order valence-electron chi connectivity index (χ4n) is 1.90. The Balaban J connectivity index is 2.00. The first-order valence-electron chi connectivity index (χ1n) is 6.16. The highest BCUT2D eigenvalue weighted by Gasteiger charge is 2.01. The molecular formula is C16H18O2. The van der Waals surface area contributed by atoms with E-state index in [1.807, 2.05) is 55.5 Å². The maximum atomic E-state index is 8.93. The minimum Gasteiger partial charge on any atom is -0.489 e. The summed E-state index contributed by atoms with van der Waals surface area (Å²) in [5.41, 5.74) is 3.49. The molecule has 0 fully saturated rings. The maximum Gasteiger partial charge on any atom is 0.120 e. The van der Waals surface area contributed by atoms with E-state index in [0.717, 1.165) is 16.9 Å². The summed E-state index contributed by atoms with van der Waals surface area (Å²) in [4.78, 5) is 0. The van der Waals surface area contributed by atoms with Crippen LogP contribution < -0.4 is 4.74 Å². The molecule has 0 saturated carbocycles. The van der Waals surface area contributed by atoms with Gasteiger partial charge >= 0.3 is 0 Å². The van der Waals surface area contributed by atoms with Crippen molar-refractivity contribution in [2.45, 2.75) is 20.0 Å². The maximum absolute atomic E-state index is 8.93. The summed E-state index contributed by atoms with van der Waals surface area (Å²) in [5, 5.41) is 8.93. The normalized spacial score (nSPS) is 10.3. The first-order chi connectivity index (χ1) is 8.79. The van der Waals surface area contributed by atoms with Gasteiger partial charge in [-0.3, -0.25) is 0 Å². The number of aryl methyl sites for hydroxylation is 1. The molecule has 2 nitrogen and oxygen atoms in total. The van der Waals surface area contributed by atoms with Gasteiger partial charge in [-0.2, -0.15) is 0 Å². The molecule has 0 amide bonds. The van der Waals surface area contributed by atoms with Crippen LogP contribution in [0.15, 0.2) is 48.5 Å². The van der Waals surface area contributed by atoms with Gasteiger partial charge in [0.25, 0.3) is 0 Å². The van der Waals surface area contributed by atoms with Crippen LogP contribution in [0.2, 0.25) is 0 Å². The molecule has 0 heterocycles. The van der Waals surface area contributed by atoms with E-state index in [-0.39, 0.29) is 6.61 Å². The van der Waals surface area contributed by atoms with Gasteiger partial charge in [0, 0.05) is 6.61 Å². The van der Waals surface area contributed by atoms with Crippen LogP contribution in [0, 0.1) is 6.92 Å². The second-order valence-electron chi connectivity index (χ2n) is 4.34. The van der Waals surface area contributed by atoms with Crippen molar-refractivity contribution in [3.8, 4) is 5.75 Å². The van der Waals surface area contributed by atoms with E-state index in [1.54, 1.807) is 0 Å². The lowest BCUT2D eigenvalue weighted by Crippen LogP contribution is -1.98. The Morgan fingerprint density at radius 3 is 2.50 bits per heavy atom. The molecule has 0 unspecified atom stereocenters. The lowest BCUT2D eigenvalue weighted by molar-refractivity contribution is 0.298. The second kappa shape index (κ2) is 6.22. The molecule has 0 radical (unpaired) electrons. The van der Waals surface area contributed by atoms with Crippen LogP contribution in [0.5, 0.6) is 5.75 Å². The Morgan fingerprint density at radius 2 is 1.83 bits per heavy atom. The van der Waals surface area contributed by atoms with E-state index in [9.17, 15) is 0 Å². The van der Waals surface area contributed by atoms with E-state index in [1.165, 1.54) is 5.56 Å². The monoisotopic (exact) mass is 242 g/mol. The third-order valence-electron chi connectivity index (χ3n) is 2.94. The van der Waals surface area contributed by atoms with Gasteiger partial charge in [0.1, 0.15) is 12.4 Å². The highest BCUT2D eigenvalue weighted by molar-refractivity contribution is 5.35. The molecule has 2 rings (SSSR count). The molecule has 2 heteroatoms. The molecule has 0 bridgehead atoms. The van der Waals surface area contributed by atoms with Crippen LogP contribution in [0.4, 0.5) is 0 Å². The van der Waals surface area contributed by atoms with Gasteiger partial charge in [-0.05, 0) is 42.2 Å².